The quantitative estimate of drug-likeness (QED) is 0.0398. The normalized spacial score (nSPS) is 14.0. The van der Waals surface area contributed by atoms with Crippen LogP contribution in [0.4, 0.5) is 0 Å². The van der Waals surface area contributed by atoms with Gasteiger partial charge < -0.3 is 25.7 Å². The van der Waals surface area contributed by atoms with E-state index >= 15 is 0 Å². The molecule has 0 aromatic rings. The van der Waals surface area contributed by atoms with Crippen molar-refractivity contribution in [3.8, 4) is 0 Å². The number of hydrogen-bond acceptors (Lipinski definition) is 5. The molecule has 4 atom stereocenters. The van der Waals surface area contributed by atoms with Crippen LogP contribution in [0.25, 0.3) is 0 Å². The molecule has 0 aliphatic carbocycles. The number of carbonyl (C=O) groups excluding carboxylic acids is 1. The smallest absolute Gasteiger partial charge is 0.249 e. The summed E-state index contributed by atoms with van der Waals surface area (Å²) in [4.78, 5) is 12.5. The van der Waals surface area contributed by atoms with Crippen molar-refractivity contribution in [2.75, 3.05) is 6.61 Å². The highest BCUT2D eigenvalue weighted by molar-refractivity contribution is 5.80. The van der Waals surface area contributed by atoms with Gasteiger partial charge in [-0.2, -0.15) is 0 Å². The van der Waals surface area contributed by atoms with E-state index in [1.54, 1.807) is 0 Å². The Morgan fingerprint density at radius 2 is 0.642 bits per heavy atom. The van der Waals surface area contributed by atoms with E-state index in [4.69, 9.17) is 0 Å². The number of unbranched alkanes of at least 4 members (excludes halogenated alkanes) is 35. The first-order valence-electron chi connectivity index (χ1n) is 23.9. The zero-order valence-corrected chi connectivity index (χ0v) is 35.8. The van der Waals surface area contributed by atoms with E-state index in [-0.39, 0.29) is 0 Å². The molecule has 0 fully saturated rings. The van der Waals surface area contributed by atoms with Crippen molar-refractivity contribution in [2.24, 2.45) is 0 Å². The summed E-state index contributed by atoms with van der Waals surface area (Å²) in [5.41, 5.74) is 0. The molecule has 318 valence electrons. The second-order valence-electron chi connectivity index (χ2n) is 16.8. The van der Waals surface area contributed by atoms with Crippen LogP contribution in [-0.2, 0) is 4.79 Å². The predicted octanol–water partition coefficient (Wildman–Crippen LogP) is 12.8. The summed E-state index contributed by atoms with van der Waals surface area (Å²) in [6, 6.07) is -0.979. The molecule has 0 aliphatic heterocycles. The van der Waals surface area contributed by atoms with E-state index in [0.29, 0.717) is 12.8 Å². The molecule has 0 rings (SSSR count). The van der Waals surface area contributed by atoms with Crippen LogP contribution >= 0.6 is 0 Å². The molecule has 0 heterocycles. The lowest BCUT2D eigenvalue weighted by Crippen LogP contribution is -2.53. The second-order valence-corrected chi connectivity index (χ2v) is 16.8. The third-order valence-electron chi connectivity index (χ3n) is 11.6. The fourth-order valence-electron chi connectivity index (χ4n) is 7.76. The third-order valence-corrected chi connectivity index (χ3v) is 11.6. The molecule has 0 saturated carbocycles. The van der Waals surface area contributed by atoms with Crippen LogP contribution in [0.5, 0.6) is 0 Å². The molecule has 53 heavy (non-hydrogen) atoms. The Balaban J connectivity index is 3.66. The van der Waals surface area contributed by atoms with Crippen LogP contribution in [0.2, 0.25) is 0 Å². The van der Waals surface area contributed by atoms with E-state index in [2.05, 4.69) is 19.2 Å². The van der Waals surface area contributed by atoms with Gasteiger partial charge in [-0.1, -0.05) is 251 Å². The number of aliphatic hydroxyl groups is 4. The largest absolute Gasteiger partial charge is 0.394 e. The molecule has 0 bridgehead atoms. The lowest BCUT2D eigenvalue weighted by atomic mass is 9.99. The van der Waals surface area contributed by atoms with E-state index in [9.17, 15) is 25.2 Å². The first-order chi connectivity index (χ1) is 26.0. The van der Waals surface area contributed by atoms with E-state index < -0.39 is 36.9 Å². The monoisotopic (exact) mass is 754 g/mol. The molecule has 5 N–H and O–H groups in total. The summed E-state index contributed by atoms with van der Waals surface area (Å²) in [5, 5.41) is 43.8. The SMILES string of the molecule is CCCCCCCCCCCCCCCCCCCCCCC(O)C(=O)NC(CO)C(O)C(O)CCCCCCCCCCCCCCCCCCC. The predicted molar refractivity (Wildman–Crippen MR) is 228 cm³/mol. The summed E-state index contributed by atoms with van der Waals surface area (Å²) < 4.78 is 0. The van der Waals surface area contributed by atoms with Gasteiger partial charge in [-0.3, -0.25) is 4.79 Å². The van der Waals surface area contributed by atoms with Crippen molar-refractivity contribution in [3.05, 3.63) is 0 Å². The van der Waals surface area contributed by atoms with Crippen LogP contribution in [0.1, 0.15) is 264 Å². The van der Waals surface area contributed by atoms with Crippen LogP contribution in [0.15, 0.2) is 0 Å². The van der Waals surface area contributed by atoms with Crippen molar-refractivity contribution in [3.63, 3.8) is 0 Å². The zero-order valence-electron chi connectivity index (χ0n) is 35.8. The fourth-order valence-corrected chi connectivity index (χ4v) is 7.76. The molecular weight excluding hydrogens is 659 g/mol. The maximum atomic E-state index is 12.5. The van der Waals surface area contributed by atoms with Gasteiger partial charge in [0.1, 0.15) is 12.2 Å². The summed E-state index contributed by atoms with van der Waals surface area (Å²) >= 11 is 0. The number of amides is 1. The average Bonchev–Trinajstić information content (AvgIpc) is 3.16. The molecule has 0 aliphatic rings. The van der Waals surface area contributed by atoms with E-state index in [0.717, 1.165) is 38.5 Å². The lowest BCUT2D eigenvalue weighted by molar-refractivity contribution is -0.132. The highest BCUT2D eigenvalue weighted by Crippen LogP contribution is 2.18. The van der Waals surface area contributed by atoms with E-state index in [1.807, 2.05) is 0 Å². The minimum absolute atomic E-state index is 0.376. The van der Waals surface area contributed by atoms with E-state index in [1.165, 1.54) is 199 Å². The Hall–Kier alpha value is -0.690. The minimum atomic E-state index is -1.25. The molecule has 0 aromatic heterocycles. The van der Waals surface area contributed by atoms with Crippen molar-refractivity contribution in [1.29, 1.82) is 0 Å². The first-order valence-corrected chi connectivity index (χ1v) is 23.9. The number of hydrogen-bond donors (Lipinski definition) is 5. The maximum absolute atomic E-state index is 12.5. The van der Waals surface area contributed by atoms with Gasteiger partial charge in [0.05, 0.1) is 18.8 Å². The number of nitrogens with one attached hydrogen (secondary N) is 1. The minimum Gasteiger partial charge on any atom is -0.394 e. The lowest BCUT2D eigenvalue weighted by Gasteiger charge is -2.27. The molecule has 4 unspecified atom stereocenters. The van der Waals surface area contributed by atoms with Crippen LogP contribution in [0.3, 0.4) is 0 Å². The molecule has 1 amide bonds. The number of carbonyl (C=O) groups is 1. The van der Waals surface area contributed by atoms with Crippen molar-refractivity contribution in [2.45, 2.75) is 289 Å². The summed E-state index contributed by atoms with van der Waals surface area (Å²) in [5.74, 6) is -0.578. The topological polar surface area (TPSA) is 110 Å². The summed E-state index contributed by atoms with van der Waals surface area (Å²) in [6.07, 6.45) is 45.6. The van der Waals surface area contributed by atoms with Gasteiger partial charge in [0.15, 0.2) is 0 Å². The average molecular weight is 754 g/mol. The van der Waals surface area contributed by atoms with Crippen molar-refractivity contribution in [1.82, 2.24) is 5.32 Å². The summed E-state index contributed by atoms with van der Waals surface area (Å²) in [7, 11) is 0. The van der Waals surface area contributed by atoms with Crippen LogP contribution in [-0.4, -0.2) is 57.3 Å². The Kier molecular flexibility index (Phi) is 41.9. The Labute approximate surface area is 330 Å². The second kappa shape index (κ2) is 42.5. The molecule has 0 radical (unpaired) electrons. The fraction of sp³-hybridized carbons (Fsp3) is 0.979. The van der Waals surface area contributed by atoms with Gasteiger partial charge in [0, 0.05) is 0 Å². The van der Waals surface area contributed by atoms with Crippen molar-refractivity contribution >= 4 is 5.91 Å². The molecule has 0 aromatic carbocycles. The molecule has 0 saturated heterocycles. The van der Waals surface area contributed by atoms with Gasteiger partial charge in [0.2, 0.25) is 5.91 Å². The van der Waals surface area contributed by atoms with Gasteiger partial charge in [-0.15, -0.1) is 0 Å². The standard InChI is InChI=1S/C47H95NO5/c1-3-5-7-9-11-13-15-17-19-21-22-23-25-27-29-31-33-35-37-39-41-45(51)47(53)48-43(42-49)46(52)44(50)40-38-36-34-32-30-28-26-24-20-18-16-14-12-10-8-6-4-2/h43-46,49-52H,3-42H2,1-2H3,(H,48,53). The molecule has 0 spiro atoms. The van der Waals surface area contributed by atoms with Crippen LogP contribution in [0, 0.1) is 0 Å². The van der Waals surface area contributed by atoms with Crippen molar-refractivity contribution < 1.29 is 25.2 Å². The highest BCUT2D eigenvalue weighted by atomic mass is 16.3. The first kappa shape index (κ1) is 52.3. The molecule has 6 nitrogen and oxygen atoms in total. The Morgan fingerprint density at radius 1 is 0.396 bits per heavy atom. The third kappa shape index (κ3) is 36.7. The van der Waals surface area contributed by atoms with Crippen LogP contribution < -0.4 is 5.32 Å². The number of aliphatic hydroxyl groups excluding tert-OH is 4. The van der Waals surface area contributed by atoms with Gasteiger partial charge in [-0.05, 0) is 12.8 Å². The highest BCUT2D eigenvalue weighted by Gasteiger charge is 2.28. The van der Waals surface area contributed by atoms with Gasteiger partial charge in [-0.25, -0.2) is 0 Å². The summed E-state index contributed by atoms with van der Waals surface area (Å²) in [6.45, 7) is 4.08. The number of rotatable bonds is 44. The van der Waals surface area contributed by atoms with Gasteiger partial charge in [0.25, 0.3) is 0 Å². The zero-order chi connectivity index (χ0) is 38.9. The van der Waals surface area contributed by atoms with Gasteiger partial charge >= 0.3 is 0 Å². The molecular formula is C47H95NO5. The maximum Gasteiger partial charge on any atom is 0.249 e. The molecule has 6 heteroatoms. The Bertz CT molecular complexity index is 721. The Morgan fingerprint density at radius 3 is 0.906 bits per heavy atom.